The standard InChI is InChI=1S/C11H16ClN3O2/c1-17-7-6-15-11(16)3-5-14-10-2-4-13-8-9(10)12/h2,4,8H,3,5-7H2,1H3,(H,13,14)(H,15,16). The number of carbonyl (C=O) groups excluding carboxylic acids is 1. The van der Waals surface area contributed by atoms with E-state index in [0.29, 0.717) is 31.1 Å². The first-order valence-electron chi connectivity index (χ1n) is 5.33. The Labute approximate surface area is 106 Å². The van der Waals surface area contributed by atoms with Crippen molar-refractivity contribution in [3.05, 3.63) is 23.5 Å². The molecule has 1 heterocycles. The minimum atomic E-state index is -0.0141. The maximum Gasteiger partial charge on any atom is 0.221 e. The Morgan fingerprint density at radius 1 is 1.53 bits per heavy atom. The summed E-state index contributed by atoms with van der Waals surface area (Å²) < 4.78 is 4.83. The number of nitrogens with zero attached hydrogens (tertiary/aromatic N) is 1. The van der Waals surface area contributed by atoms with Gasteiger partial charge in [-0.15, -0.1) is 0 Å². The first-order chi connectivity index (χ1) is 8.24. The average Bonchev–Trinajstić information content (AvgIpc) is 2.32. The number of rotatable bonds is 7. The molecule has 1 rings (SSSR count). The van der Waals surface area contributed by atoms with E-state index in [9.17, 15) is 4.79 Å². The fourth-order valence-electron chi connectivity index (χ4n) is 1.21. The van der Waals surface area contributed by atoms with Gasteiger partial charge in [-0.05, 0) is 6.07 Å². The molecular formula is C11H16ClN3O2. The summed E-state index contributed by atoms with van der Waals surface area (Å²) in [6.07, 6.45) is 3.60. The fraction of sp³-hybridized carbons (Fsp3) is 0.455. The van der Waals surface area contributed by atoms with Crippen LogP contribution in [0.3, 0.4) is 0 Å². The molecule has 1 aromatic rings. The van der Waals surface area contributed by atoms with E-state index in [4.69, 9.17) is 16.3 Å². The predicted molar refractivity (Wildman–Crippen MR) is 67.2 cm³/mol. The Bertz CT molecular complexity index is 360. The summed E-state index contributed by atoms with van der Waals surface area (Å²) in [5.74, 6) is -0.0141. The number of hydrogen-bond donors (Lipinski definition) is 2. The highest BCUT2D eigenvalue weighted by Gasteiger charge is 2.02. The van der Waals surface area contributed by atoms with E-state index >= 15 is 0 Å². The molecule has 94 valence electrons. The van der Waals surface area contributed by atoms with Gasteiger partial charge in [0, 0.05) is 39.0 Å². The Balaban J connectivity index is 2.19. The molecule has 0 bridgehead atoms. The monoisotopic (exact) mass is 257 g/mol. The number of aromatic nitrogens is 1. The third-order valence-corrected chi connectivity index (χ3v) is 2.37. The molecule has 1 aromatic heterocycles. The molecule has 0 aliphatic carbocycles. The first kappa shape index (κ1) is 13.7. The van der Waals surface area contributed by atoms with Crippen LogP contribution in [0.2, 0.25) is 5.02 Å². The molecule has 17 heavy (non-hydrogen) atoms. The van der Waals surface area contributed by atoms with Crippen molar-refractivity contribution in [1.82, 2.24) is 10.3 Å². The third-order valence-electron chi connectivity index (χ3n) is 2.07. The smallest absolute Gasteiger partial charge is 0.221 e. The number of amides is 1. The number of carbonyl (C=O) groups is 1. The van der Waals surface area contributed by atoms with Crippen LogP contribution in [0.5, 0.6) is 0 Å². The van der Waals surface area contributed by atoms with E-state index in [1.165, 1.54) is 0 Å². The van der Waals surface area contributed by atoms with E-state index in [-0.39, 0.29) is 5.91 Å². The number of hydrogen-bond acceptors (Lipinski definition) is 4. The molecule has 0 aliphatic heterocycles. The average molecular weight is 258 g/mol. The summed E-state index contributed by atoms with van der Waals surface area (Å²) in [5, 5.41) is 6.35. The van der Waals surface area contributed by atoms with E-state index < -0.39 is 0 Å². The maximum absolute atomic E-state index is 11.3. The van der Waals surface area contributed by atoms with Gasteiger partial charge in [0.2, 0.25) is 5.91 Å². The second kappa shape index (κ2) is 7.86. The quantitative estimate of drug-likeness (QED) is 0.723. The number of pyridine rings is 1. The molecule has 0 unspecified atom stereocenters. The molecule has 0 saturated carbocycles. The van der Waals surface area contributed by atoms with E-state index in [1.54, 1.807) is 25.6 Å². The van der Waals surface area contributed by atoms with Gasteiger partial charge >= 0.3 is 0 Å². The van der Waals surface area contributed by atoms with Crippen molar-refractivity contribution in [3.63, 3.8) is 0 Å². The molecule has 0 atom stereocenters. The van der Waals surface area contributed by atoms with Crippen LogP contribution < -0.4 is 10.6 Å². The van der Waals surface area contributed by atoms with Crippen LogP contribution in [0.15, 0.2) is 18.5 Å². The van der Waals surface area contributed by atoms with Crippen molar-refractivity contribution >= 4 is 23.2 Å². The van der Waals surface area contributed by atoms with Gasteiger partial charge in [0.25, 0.3) is 0 Å². The fourth-order valence-corrected chi connectivity index (χ4v) is 1.40. The second-order valence-corrected chi connectivity index (χ2v) is 3.78. The zero-order valence-corrected chi connectivity index (χ0v) is 10.5. The van der Waals surface area contributed by atoms with Crippen molar-refractivity contribution in [2.75, 3.05) is 32.1 Å². The molecule has 0 spiro atoms. The van der Waals surface area contributed by atoms with Crippen LogP contribution in [0.4, 0.5) is 5.69 Å². The molecule has 0 aliphatic rings. The van der Waals surface area contributed by atoms with Crippen molar-refractivity contribution < 1.29 is 9.53 Å². The lowest BCUT2D eigenvalue weighted by atomic mass is 10.3. The topological polar surface area (TPSA) is 63.2 Å². The van der Waals surface area contributed by atoms with Gasteiger partial charge in [-0.3, -0.25) is 9.78 Å². The van der Waals surface area contributed by atoms with Gasteiger partial charge in [0.05, 0.1) is 17.3 Å². The number of anilines is 1. The molecule has 0 fully saturated rings. The van der Waals surface area contributed by atoms with Gasteiger partial charge < -0.3 is 15.4 Å². The van der Waals surface area contributed by atoms with Crippen molar-refractivity contribution in [2.24, 2.45) is 0 Å². The van der Waals surface area contributed by atoms with Crippen molar-refractivity contribution in [1.29, 1.82) is 0 Å². The summed E-state index contributed by atoms with van der Waals surface area (Å²) in [4.78, 5) is 15.2. The van der Waals surface area contributed by atoms with Crippen LogP contribution in [-0.4, -0.2) is 37.7 Å². The number of nitrogens with one attached hydrogen (secondary N) is 2. The normalized spacial score (nSPS) is 10.0. The van der Waals surface area contributed by atoms with E-state index in [1.807, 2.05) is 0 Å². The van der Waals surface area contributed by atoms with Crippen LogP contribution in [0, 0.1) is 0 Å². The highest BCUT2D eigenvalue weighted by molar-refractivity contribution is 6.33. The van der Waals surface area contributed by atoms with E-state index in [2.05, 4.69) is 15.6 Å². The van der Waals surface area contributed by atoms with Crippen LogP contribution >= 0.6 is 11.6 Å². The summed E-state index contributed by atoms with van der Waals surface area (Å²) >= 11 is 5.90. The van der Waals surface area contributed by atoms with Gasteiger partial charge in [-0.2, -0.15) is 0 Å². The molecule has 0 aromatic carbocycles. The largest absolute Gasteiger partial charge is 0.383 e. The molecule has 2 N–H and O–H groups in total. The van der Waals surface area contributed by atoms with Crippen molar-refractivity contribution in [2.45, 2.75) is 6.42 Å². The third kappa shape index (κ3) is 5.51. The van der Waals surface area contributed by atoms with Gasteiger partial charge in [-0.25, -0.2) is 0 Å². The lowest BCUT2D eigenvalue weighted by Crippen LogP contribution is -2.28. The highest BCUT2D eigenvalue weighted by Crippen LogP contribution is 2.18. The number of ether oxygens (including phenoxy) is 1. The molecule has 6 heteroatoms. The lowest BCUT2D eigenvalue weighted by Gasteiger charge is -2.08. The molecule has 1 amide bonds. The minimum Gasteiger partial charge on any atom is -0.383 e. The van der Waals surface area contributed by atoms with Gasteiger partial charge in [-0.1, -0.05) is 11.6 Å². The predicted octanol–water partition coefficient (Wildman–Crippen LogP) is 1.30. The maximum atomic E-state index is 11.3. The van der Waals surface area contributed by atoms with Crippen LogP contribution in [-0.2, 0) is 9.53 Å². The Morgan fingerprint density at radius 3 is 3.06 bits per heavy atom. The zero-order valence-electron chi connectivity index (χ0n) is 9.70. The Morgan fingerprint density at radius 2 is 2.35 bits per heavy atom. The summed E-state index contributed by atoms with van der Waals surface area (Å²) in [7, 11) is 1.60. The van der Waals surface area contributed by atoms with Gasteiger partial charge in [0.15, 0.2) is 0 Å². The molecular weight excluding hydrogens is 242 g/mol. The Kier molecular flexibility index (Phi) is 6.35. The summed E-state index contributed by atoms with van der Waals surface area (Å²) in [6, 6.07) is 1.77. The zero-order chi connectivity index (χ0) is 12.5. The van der Waals surface area contributed by atoms with Gasteiger partial charge in [0.1, 0.15) is 0 Å². The number of halogens is 1. The number of methoxy groups -OCH3 is 1. The highest BCUT2D eigenvalue weighted by atomic mass is 35.5. The van der Waals surface area contributed by atoms with Crippen molar-refractivity contribution in [3.8, 4) is 0 Å². The van der Waals surface area contributed by atoms with Crippen LogP contribution in [0.1, 0.15) is 6.42 Å². The second-order valence-electron chi connectivity index (χ2n) is 3.38. The molecule has 0 saturated heterocycles. The molecule has 0 radical (unpaired) electrons. The summed E-state index contributed by atoms with van der Waals surface area (Å²) in [6.45, 7) is 1.59. The first-order valence-corrected chi connectivity index (χ1v) is 5.71. The minimum absolute atomic E-state index is 0.0141. The van der Waals surface area contributed by atoms with Crippen LogP contribution in [0.25, 0.3) is 0 Å². The summed E-state index contributed by atoms with van der Waals surface area (Å²) in [5.41, 5.74) is 0.784. The Hall–Kier alpha value is -1.33. The SMILES string of the molecule is COCCNC(=O)CCNc1ccncc1Cl. The van der Waals surface area contributed by atoms with E-state index in [0.717, 1.165) is 5.69 Å². The lowest BCUT2D eigenvalue weighted by molar-refractivity contribution is -0.121. The molecule has 5 nitrogen and oxygen atoms in total.